The van der Waals surface area contributed by atoms with Crippen LogP contribution in [0.2, 0.25) is 0 Å². The Bertz CT molecular complexity index is 541. The molecule has 0 amide bonds. The van der Waals surface area contributed by atoms with Crippen LogP contribution < -0.4 is 15.5 Å². The van der Waals surface area contributed by atoms with Crippen molar-refractivity contribution < 1.29 is 0 Å². The van der Waals surface area contributed by atoms with Gasteiger partial charge in [-0.1, -0.05) is 12.1 Å². The van der Waals surface area contributed by atoms with E-state index in [2.05, 4.69) is 46.7 Å². The Hall–Kier alpha value is -1.48. The Morgan fingerprint density at radius 2 is 2.05 bits per heavy atom. The molecule has 4 rings (SSSR count). The number of hydrogen-bond acceptors (Lipinski definition) is 3. The Kier molecular flexibility index (Phi) is 2.39. The van der Waals surface area contributed by atoms with E-state index in [9.17, 15) is 0 Å². The number of nitrogens with one attached hydrogen (secondary N) is 2. The van der Waals surface area contributed by atoms with Crippen molar-refractivity contribution >= 4 is 11.4 Å². The van der Waals surface area contributed by atoms with Crippen LogP contribution in [-0.4, -0.2) is 25.2 Å². The monoisotopic (exact) mass is 255 g/mol. The molecule has 0 radical (unpaired) electrons. The maximum Gasteiger partial charge on any atom is 0.0797 e. The van der Waals surface area contributed by atoms with Crippen molar-refractivity contribution in [3.63, 3.8) is 0 Å². The van der Waals surface area contributed by atoms with Gasteiger partial charge in [-0.2, -0.15) is 0 Å². The van der Waals surface area contributed by atoms with Gasteiger partial charge in [0.25, 0.3) is 0 Å². The number of piperidine rings is 1. The van der Waals surface area contributed by atoms with Crippen molar-refractivity contribution in [2.24, 2.45) is 0 Å². The molecule has 19 heavy (non-hydrogen) atoms. The quantitative estimate of drug-likeness (QED) is 0.746. The summed E-state index contributed by atoms with van der Waals surface area (Å²) in [4.78, 5) is 2.54. The molecule has 3 aliphatic rings. The maximum absolute atomic E-state index is 3.87. The van der Waals surface area contributed by atoms with E-state index in [0.29, 0.717) is 0 Å². The van der Waals surface area contributed by atoms with Crippen molar-refractivity contribution in [3.05, 3.63) is 35.5 Å². The van der Waals surface area contributed by atoms with E-state index in [4.69, 9.17) is 0 Å². The second-order valence-corrected chi connectivity index (χ2v) is 6.01. The fourth-order valence-corrected chi connectivity index (χ4v) is 3.81. The second-order valence-electron chi connectivity index (χ2n) is 6.01. The van der Waals surface area contributed by atoms with Gasteiger partial charge in [0.1, 0.15) is 0 Å². The van der Waals surface area contributed by atoms with Gasteiger partial charge in [0.15, 0.2) is 0 Å². The molecule has 1 aromatic rings. The van der Waals surface area contributed by atoms with E-state index in [1.54, 1.807) is 0 Å². The first-order valence-electron chi connectivity index (χ1n) is 7.36. The second kappa shape index (κ2) is 4.01. The van der Waals surface area contributed by atoms with Gasteiger partial charge in [-0.25, -0.2) is 0 Å². The van der Waals surface area contributed by atoms with E-state index in [0.717, 1.165) is 19.6 Å². The lowest BCUT2D eigenvalue weighted by Gasteiger charge is -2.48. The Labute approximate surface area is 114 Å². The minimum Gasteiger partial charge on any atom is -0.372 e. The first-order chi connectivity index (χ1) is 9.28. The minimum atomic E-state index is 0.169. The summed E-state index contributed by atoms with van der Waals surface area (Å²) in [6.45, 7) is 5.54. The highest BCUT2D eigenvalue weighted by Gasteiger charge is 2.44. The Balaban J connectivity index is 1.84. The smallest absolute Gasteiger partial charge is 0.0797 e. The van der Waals surface area contributed by atoms with Crippen molar-refractivity contribution in [1.29, 1.82) is 0 Å². The van der Waals surface area contributed by atoms with Crippen molar-refractivity contribution in [2.75, 3.05) is 29.9 Å². The predicted octanol–water partition coefficient (Wildman–Crippen LogP) is 2.64. The van der Waals surface area contributed by atoms with Crippen LogP contribution in [0.1, 0.15) is 24.8 Å². The van der Waals surface area contributed by atoms with Gasteiger partial charge in [-0.05, 0) is 57.0 Å². The van der Waals surface area contributed by atoms with E-state index >= 15 is 0 Å². The van der Waals surface area contributed by atoms with Crippen LogP contribution in [0.3, 0.4) is 0 Å². The molecule has 1 fully saturated rings. The highest BCUT2D eigenvalue weighted by molar-refractivity contribution is 5.79. The molecule has 2 N–H and O–H groups in total. The summed E-state index contributed by atoms with van der Waals surface area (Å²) >= 11 is 0. The van der Waals surface area contributed by atoms with Crippen LogP contribution >= 0.6 is 0 Å². The van der Waals surface area contributed by atoms with Crippen LogP contribution in [-0.2, 0) is 0 Å². The number of rotatable bonds is 0. The first-order valence-corrected chi connectivity index (χ1v) is 7.36. The maximum atomic E-state index is 3.87. The topological polar surface area (TPSA) is 27.3 Å². The summed E-state index contributed by atoms with van der Waals surface area (Å²) in [6.07, 6.45) is 5.99. The summed E-state index contributed by atoms with van der Waals surface area (Å²) in [6, 6.07) is 6.79. The first kappa shape index (κ1) is 11.4. The average molecular weight is 255 g/mol. The molecule has 100 valence electrons. The lowest BCUT2D eigenvalue weighted by atomic mass is 9.82. The molecule has 3 heteroatoms. The fraction of sp³-hybridized carbons (Fsp3) is 0.500. The fourth-order valence-electron chi connectivity index (χ4n) is 3.81. The number of benzene rings is 1. The standard InChI is InChI=1S/C16H21N3/c1-12-4-5-14-13(11-12)18-16(6-8-17-9-7-16)15-3-2-10-19(14)15/h3-5,11,17-18H,2,6-10H2,1H3. The number of fused-ring (bicyclic) bond motifs is 4. The summed E-state index contributed by atoms with van der Waals surface area (Å²) in [7, 11) is 0. The number of aryl methyl sites for hydroxylation is 1. The number of hydrogen-bond donors (Lipinski definition) is 2. The Morgan fingerprint density at radius 3 is 2.89 bits per heavy atom. The summed E-state index contributed by atoms with van der Waals surface area (Å²) in [5, 5.41) is 7.36. The number of anilines is 2. The van der Waals surface area contributed by atoms with E-state index in [-0.39, 0.29) is 5.54 Å². The zero-order valence-corrected chi connectivity index (χ0v) is 11.5. The van der Waals surface area contributed by atoms with Crippen LogP contribution in [0.15, 0.2) is 30.0 Å². The van der Waals surface area contributed by atoms with Gasteiger partial charge in [0.05, 0.1) is 16.9 Å². The van der Waals surface area contributed by atoms with Gasteiger partial charge >= 0.3 is 0 Å². The normalized spacial score (nSPS) is 23.6. The zero-order valence-electron chi connectivity index (χ0n) is 11.5. The van der Waals surface area contributed by atoms with E-state index in [1.807, 2.05) is 0 Å². The minimum absolute atomic E-state index is 0.169. The van der Waals surface area contributed by atoms with Gasteiger partial charge < -0.3 is 15.5 Å². The highest BCUT2D eigenvalue weighted by Crippen LogP contribution is 2.46. The molecular weight excluding hydrogens is 234 g/mol. The van der Waals surface area contributed by atoms with E-state index in [1.165, 1.54) is 41.9 Å². The average Bonchev–Trinajstić information content (AvgIpc) is 2.90. The molecular formula is C16H21N3. The summed E-state index contributed by atoms with van der Waals surface area (Å²) in [5.74, 6) is 0. The van der Waals surface area contributed by atoms with Crippen LogP contribution in [0.4, 0.5) is 11.4 Å². The molecule has 0 aliphatic carbocycles. The van der Waals surface area contributed by atoms with Crippen molar-refractivity contribution in [3.8, 4) is 0 Å². The molecule has 3 heterocycles. The molecule has 1 spiro atoms. The highest BCUT2D eigenvalue weighted by atomic mass is 15.3. The third kappa shape index (κ3) is 1.61. The predicted molar refractivity (Wildman–Crippen MR) is 79.7 cm³/mol. The lowest BCUT2D eigenvalue weighted by molar-refractivity contribution is 0.375. The van der Waals surface area contributed by atoms with Crippen LogP contribution in [0.25, 0.3) is 0 Å². The molecule has 0 unspecified atom stereocenters. The lowest BCUT2D eigenvalue weighted by Crippen LogP contribution is -2.54. The van der Waals surface area contributed by atoms with Gasteiger partial charge in [-0.3, -0.25) is 0 Å². The SMILES string of the molecule is Cc1ccc2c(c1)NC1(CCNCC1)C1=CCCN12. The molecule has 0 saturated carbocycles. The molecule has 3 aliphatic heterocycles. The van der Waals surface area contributed by atoms with Crippen LogP contribution in [0.5, 0.6) is 0 Å². The molecule has 0 aromatic heterocycles. The van der Waals surface area contributed by atoms with E-state index < -0.39 is 0 Å². The molecule has 3 nitrogen and oxygen atoms in total. The van der Waals surface area contributed by atoms with Crippen molar-refractivity contribution in [2.45, 2.75) is 31.7 Å². The third-order valence-electron chi connectivity index (χ3n) is 4.75. The van der Waals surface area contributed by atoms with Gasteiger partial charge in [0.2, 0.25) is 0 Å². The number of nitrogens with zero attached hydrogens (tertiary/aromatic N) is 1. The summed E-state index contributed by atoms with van der Waals surface area (Å²) in [5.41, 5.74) is 5.70. The molecule has 0 bridgehead atoms. The van der Waals surface area contributed by atoms with Crippen molar-refractivity contribution in [1.82, 2.24) is 5.32 Å². The zero-order chi connectivity index (χ0) is 12.9. The third-order valence-corrected chi connectivity index (χ3v) is 4.75. The van der Waals surface area contributed by atoms with Gasteiger partial charge in [0, 0.05) is 12.2 Å². The molecule has 1 saturated heterocycles. The largest absolute Gasteiger partial charge is 0.372 e. The molecule has 1 aromatic carbocycles. The van der Waals surface area contributed by atoms with Crippen LogP contribution in [0, 0.1) is 6.92 Å². The Morgan fingerprint density at radius 1 is 1.21 bits per heavy atom. The van der Waals surface area contributed by atoms with Gasteiger partial charge in [-0.15, -0.1) is 0 Å². The molecule has 0 atom stereocenters. The summed E-state index contributed by atoms with van der Waals surface area (Å²) < 4.78 is 0.